The quantitative estimate of drug-likeness (QED) is 0.228. The van der Waals surface area contributed by atoms with Gasteiger partial charge in [0.15, 0.2) is 5.82 Å². The van der Waals surface area contributed by atoms with Crippen molar-refractivity contribution in [1.29, 1.82) is 0 Å². The average Bonchev–Trinajstić information content (AvgIpc) is 3.86. The lowest BCUT2D eigenvalue weighted by Crippen LogP contribution is -2.56. The third kappa shape index (κ3) is 5.49. The van der Waals surface area contributed by atoms with Crippen LogP contribution in [0.4, 0.5) is 15.0 Å². The van der Waals surface area contributed by atoms with Crippen molar-refractivity contribution in [2.24, 2.45) is 0 Å². The molecule has 3 unspecified atom stereocenters. The van der Waals surface area contributed by atoms with Gasteiger partial charge in [0, 0.05) is 42.5 Å². The van der Waals surface area contributed by atoms with Gasteiger partial charge in [0.25, 0.3) is 5.91 Å². The Morgan fingerprint density at radius 2 is 1.75 bits per heavy atom. The van der Waals surface area contributed by atoms with Gasteiger partial charge in [-0.2, -0.15) is 9.97 Å². The molecule has 9 rings (SSSR count). The number of carbonyl (C=O) groups excluding carboxylic acids is 3. The van der Waals surface area contributed by atoms with E-state index in [-0.39, 0.29) is 53.6 Å². The molecule has 51 heavy (non-hydrogen) atoms. The highest BCUT2D eigenvalue weighted by Crippen LogP contribution is 2.42. The van der Waals surface area contributed by atoms with Gasteiger partial charge in [-0.05, 0) is 92.6 Å². The monoisotopic (exact) mass is 693 g/mol. The van der Waals surface area contributed by atoms with Gasteiger partial charge in [-0.25, -0.2) is 9.18 Å². The van der Waals surface area contributed by atoms with Gasteiger partial charge in [0.05, 0.1) is 5.54 Å². The molecule has 0 saturated carbocycles. The van der Waals surface area contributed by atoms with Gasteiger partial charge < -0.3 is 25.0 Å². The van der Waals surface area contributed by atoms with E-state index in [1.807, 2.05) is 35.2 Å². The summed E-state index contributed by atoms with van der Waals surface area (Å²) in [6.07, 6.45) is 6.37. The maximum atomic E-state index is 16.9. The Labute approximate surface area is 293 Å². The zero-order valence-electron chi connectivity index (χ0n) is 28.2. The van der Waals surface area contributed by atoms with E-state index in [9.17, 15) is 19.5 Å². The average molecular weight is 694 g/mol. The number of nitrogens with one attached hydrogen (secondary N) is 2. The summed E-state index contributed by atoms with van der Waals surface area (Å²) < 4.78 is 23.4. The van der Waals surface area contributed by atoms with E-state index in [2.05, 4.69) is 20.4 Å². The van der Waals surface area contributed by atoms with E-state index in [0.29, 0.717) is 42.0 Å². The number of fused-ring (bicyclic) bond motifs is 5. The first-order chi connectivity index (χ1) is 24.8. The first-order valence-corrected chi connectivity index (χ1v) is 18.0. The lowest BCUT2D eigenvalue weighted by molar-refractivity contribution is -0.134. The molecule has 6 heterocycles. The number of aromatic hydroxyl groups is 1. The van der Waals surface area contributed by atoms with Crippen LogP contribution >= 0.6 is 0 Å². The molecule has 5 fully saturated rings. The summed E-state index contributed by atoms with van der Waals surface area (Å²) in [5.41, 5.74) is 0.991. The summed E-state index contributed by atoms with van der Waals surface area (Å²) in [6, 6.07) is 13.1. The second-order valence-electron chi connectivity index (χ2n) is 14.7. The number of benzene rings is 3. The Morgan fingerprint density at radius 1 is 0.980 bits per heavy atom. The van der Waals surface area contributed by atoms with Crippen molar-refractivity contribution in [3.63, 3.8) is 0 Å². The van der Waals surface area contributed by atoms with Crippen LogP contribution in [0.15, 0.2) is 48.5 Å². The second-order valence-corrected chi connectivity index (χ2v) is 14.7. The molecule has 1 aromatic heterocycles. The summed E-state index contributed by atoms with van der Waals surface area (Å²) in [7, 11) is 0. The molecule has 3 atom stereocenters. The molecular formula is C38H40FN7O5. The number of imide groups is 1. The molecule has 5 saturated heterocycles. The van der Waals surface area contributed by atoms with E-state index >= 15 is 4.39 Å². The van der Waals surface area contributed by atoms with E-state index in [4.69, 9.17) is 14.7 Å². The number of phenolic OH excluding ortho intramolecular Hbond substituents is 1. The summed E-state index contributed by atoms with van der Waals surface area (Å²) in [5, 5.41) is 17.5. The second kappa shape index (κ2) is 12.3. The number of piperazine rings is 1. The minimum absolute atomic E-state index is 0.0429. The van der Waals surface area contributed by atoms with E-state index in [1.54, 1.807) is 18.2 Å². The third-order valence-corrected chi connectivity index (χ3v) is 11.8. The largest absolute Gasteiger partial charge is 0.508 e. The van der Waals surface area contributed by atoms with Gasteiger partial charge in [-0.15, -0.1) is 0 Å². The Kier molecular flexibility index (Phi) is 7.71. The zero-order chi connectivity index (χ0) is 34.9. The molecule has 2 bridgehead atoms. The van der Waals surface area contributed by atoms with Crippen LogP contribution in [0.1, 0.15) is 51.4 Å². The number of phenols is 1. The lowest BCUT2D eigenvalue weighted by Gasteiger charge is -2.42. The number of anilines is 1. The molecule has 3 N–H and O–H groups in total. The van der Waals surface area contributed by atoms with Crippen molar-refractivity contribution in [2.75, 3.05) is 37.7 Å². The maximum absolute atomic E-state index is 16.9. The van der Waals surface area contributed by atoms with Crippen LogP contribution in [-0.4, -0.2) is 99.2 Å². The fourth-order valence-electron chi connectivity index (χ4n) is 9.36. The van der Waals surface area contributed by atoms with Crippen LogP contribution in [0, 0.1) is 5.82 Å². The number of hydrogen-bond donors (Lipinski definition) is 3. The number of amides is 4. The SMILES string of the molecule is O=C1NC(=O)C(CCC(=O)N2C3CCC2CN(c2nc(OCC45CCCN4CCC5)nc4c(F)c(-c5cc(O)cc6ccccc56)ccc24)C3)N1. The molecule has 0 spiro atoms. The molecule has 5 aliphatic heterocycles. The van der Waals surface area contributed by atoms with Crippen molar-refractivity contribution in [3.8, 4) is 22.9 Å². The van der Waals surface area contributed by atoms with Crippen molar-refractivity contribution in [2.45, 2.75) is 75.0 Å². The minimum Gasteiger partial charge on any atom is -0.508 e. The molecular weight excluding hydrogens is 653 g/mol. The van der Waals surface area contributed by atoms with Crippen molar-refractivity contribution >= 4 is 45.3 Å². The van der Waals surface area contributed by atoms with Gasteiger partial charge in [0.2, 0.25) is 5.91 Å². The number of urea groups is 1. The molecule has 4 amide bonds. The number of hydrogen-bond acceptors (Lipinski definition) is 9. The summed E-state index contributed by atoms with van der Waals surface area (Å²) in [4.78, 5) is 53.3. The summed E-state index contributed by atoms with van der Waals surface area (Å²) in [6.45, 7) is 3.55. The van der Waals surface area contributed by atoms with E-state index in [1.165, 1.54) is 0 Å². The molecule has 264 valence electrons. The van der Waals surface area contributed by atoms with Gasteiger partial charge in [-0.1, -0.05) is 30.3 Å². The van der Waals surface area contributed by atoms with Crippen LogP contribution in [-0.2, 0) is 9.59 Å². The number of aromatic nitrogens is 2. The summed E-state index contributed by atoms with van der Waals surface area (Å²) >= 11 is 0. The topological polar surface area (TPSA) is 140 Å². The van der Waals surface area contributed by atoms with Crippen molar-refractivity contribution in [1.82, 2.24) is 30.4 Å². The molecule has 3 aromatic carbocycles. The van der Waals surface area contributed by atoms with E-state index < -0.39 is 23.8 Å². The Balaban J connectivity index is 1.05. The molecule has 0 radical (unpaired) electrons. The van der Waals surface area contributed by atoms with Gasteiger partial charge in [0.1, 0.15) is 29.7 Å². The number of carbonyl (C=O) groups is 3. The highest BCUT2D eigenvalue weighted by atomic mass is 19.1. The Morgan fingerprint density at radius 3 is 2.49 bits per heavy atom. The minimum atomic E-state index is -0.705. The first-order valence-electron chi connectivity index (χ1n) is 18.0. The van der Waals surface area contributed by atoms with Crippen LogP contribution in [0.25, 0.3) is 32.8 Å². The molecule has 0 aliphatic carbocycles. The molecule has 13 heteroatoms. The molecule has 12 nitrogen and oxygen atoms in total. The predicted molar refractivity (Wildman–Crippen MR) is 188 cm³/mol. The number of halogens is 1. The molecule has 5 aliphatic rings. The molecule has 4 aromatic rings. The van der Waals surface area contributed by atoms with E-state index in [0.717, 1.165) is 62.4 Å². The smallest absolute Gasteiger partial charge is 0.322 e. The maximum Gasteiger partial charge on any atom is 0.322 e. The fraction of sp³-hybridized carbons (Fsp3) is 0.447. The highest BCUT2D eigenvalue weighted by Gasteiger charge is 2.46. The predicted octanol–water partition coefficient (Wildman–Crippen LogP) is 4.47. The third-order valence-electron chi connectivity index (χ3n) is 11.8. The van der Waals surface area contributed by atoms with Crippen LogP contribution in [0.3, 0.4) is 0 Å². The van der Waals surface area contributed by atoms with Crippen LogP contribution in [0.2, 0.25) is 0 Å². The number of rotatable bonds is 8. The standard InChI is InChI=1S/C38H40FN7O5/c39-32-27(29-18-25(47)17-22-5-1-2-6-26(22)29)9-10-28-33(32)41-37(51-21-38-13-3-15-45(38)16-4-14-38)42-34(28)44-19-23-7-8-24(20-44)46(23)31(48)12-11-30-35(49)43-36(50)40-30/h1-2,5-6,9-10,17-18,23-24,30,47H,3-4,7-8,11-16,19-21H2,(H2,40,43,49,50). The van der Waals surface area contributed by atoms with Crippen molar-refractivity contribution < 1.29 is 28.6 Å². The zero-order valence-corrected chi connectivity index (χ0v) is 28.2. The Hall–Kier alpha value is -5.04. The fourth-order valence-corrected chi connectivity index (χ4v) is 9.36. The van der Waals surface area contributed by atoms with Gasteiger partial charge in [-0.3, -0.25) is 19.8 Å². The first kappa shape index (κ1) is 31.9. The number of nitrogens with zero attached hydrogens (tertiary/aromatic N) is 5. The summed E-state index contributed by atoms with van der Waals surface area (Å²) in [5.74, 6) is -0.346. The van der Waals surface area contributed by atoms with Crippen molar-refractivity contribution in [3.05, 3.63) is 54.3 Å². The normalized spacial score (nSPS) is 24.0. The van der Waals surface area contributed by atoms with Crippen LogP contribution in [0.5, 0.6) is 11.8 Å². The Bertz CT molecular complexity index is 2070. The number of ether oxygens (including phenoxy) is 1. The lowest BCUT2D eigenvalue weighted by atomic mass is 9.95. The van der Waals surface area contributed by atoms with Crippen LogP contribution < -0.4 is 20.3 Å². The van der Waals surface area contributed by atoms with Gasteiger partial charge >= 0.3 is 12.0 Å². The highest BCUT2D eigenvalue weighted by molar-refractivity contribution is 6.04.